The van der Waals surface area contributed by atoms with E-state index in [0.29, 0.717) is 6.04 Å². The Morgan fingerprint density at radius 1 is 1.30 bits per heavy atom. The predicted octanol–water partition coefficient (Wildman–Crippen LogP) is 4.20. The lowest BCUT2D eigenvalue weighted by molar-refractivity contribution is 0.636. The van der Waals surface area contributed by atoms with Crippen LogP contribution in [0.4, 0.5) is 5.69 Å². The van der Waals surface area contributed by atoms with Crippen LogP contribution in [-0.2, 0) is 6.42 Å². The van der Waals surface area contributed by atoms with Crippen LogP contribution in [0.2, 0.25) is 5.02 Å². The molecule has 20 heavy (non-hydrogen) atoms. The lowest BCUT2D eigenvalue weighted by Gasteiger charge is -2.31. The van der Waals surface area contributed by atoms with E-state index in [9.17, 15) is 0 Å². The fourth-order valence-electron chi connectivity index (χ4n) is 2.38. The summed E-state index contributed by atoms with van der Waals surface area (Å²) in [5.41, 5.74) is 8.54. The van der Waals surface area contributed by atoms with Crippen molar-refractivity contribution in [1.82, 2.24) is 0 Å². The Kier molecular flexibility index (Phi) is 7.78. The molecule has 0 saturated carbocycles. The van der Waals surface area contributed by atoms with E-state index in [1.54, 1.807) is 0 Å². The lowest BCUT2D eigenvalue weighted by atomic mass is 10.0. The van der Waals surface area contributed by atoms with Crippen LogP contribution in [0.1, 0.15) is 32.3 Å². The Hall–Kier alpha value is -0.380. The van der Waals surface area contributed by atoms with Crippen LogP contribution >= 0.6 is 23.4 Å². The largest absolute Gasteiger partial charge is 0.371 e. The molecule has 2 nitrogen and oxygen atoms in total. The molecule has 0 fully saturated rings. The predicted molar refractivity (Wildman–Crippen MR) is 94.3 cm³/mol. The highest BCUT2D eigenvalue weighted by atomic mass is 35.5. The first-order valence-corrected chi connectivity index (χ1v) is 9.06. The minimum absolute atomic E-state index is 0.169. The number of hydrogen-bond donors (Lipinski definition) is 1. The van der Waals surface area contributed by atoms with Gasteiger partial charge < -0.3 is 10.6 Å². The van der Waals surface area contributed by atoms with Crippen molar-refractivity contribution in [3.8, 4) is 0 Å². The Morgan fingerprint density at radius 3 is 2.55 bits per heavy atom. The molecular formula is C16H27ClN2S. The van der Waals surface area contributed by atoms with Gasteiger partial charge in [-0.3, -0.25) is 0 Å². The van der Waals surface area contributed by atoms with Crippen LogP contribution in [0, 0.1) is 0 Å². The number of benzene rings is 1. The van der Waals surface area contributed by atoms with E-state index in [0.717, 1.165) is 30.0 Å². The summed E-state index contributed by atoms with van der Waals surface area (Å²) in [7, 11) is 2.16. The SMILES string of the molecule is CCC(N)Cc1c(Cl)cccc1N(C)C(CC)CSC. The molecule has 0 saturated heterocycles. The van der Waals surface area contributed by atoms with E-state index in [-0.39, 0.29) is 6.04 Å². The summed E-state index contributed by atoms with van der Waals surface area (Å²) in [4.78, 5) is 2.36. The van der Waals surface area contributed by atoms with E-state index < -0.39 is 0 Å². The van der Waals surface area contributed by atoms with Crippen LogP contribution in [0.25, 0.3) is 0 Å². The molecule has 4 heteroatoms. The van der Waals surface area contributed by atoms with Gasteiger partial charge in [0.25, 0.3) is 0 Å². The van der Waals surface area contributed by atoms with E-state index in [4.69, 9.17) is 17.3 Å². The third-order valence-corrected chi connectivity index (χ3v) is 4.92. The van der Waals surface area contributed by atoms with Gasteiger partial charge in [-0.2, -0.15) is 11.8 Å². The summed E-state index contributed by atoms with van der Waals surface area (Å²) in [5, 5.41) is 0.831. The lowest BCUT2D eigenvalue weighted by Crippen LogP contribution is -2.34. The second-order valence-corrected chi connectivity index (χ2v) is 6.56. The monoisotopic (exact) mass is 314 g/mol. The van der Waals surface area contributed by atoms with Crippen molar-refractivity contribution < 1.29 is 0 Å². The van der Waals surface area contributed by atoms with Crippen LogP contribution in [0.5, 0.6) is 0 Å². The second kappa shape index (κ2) is 8.81. The number of nitrogens with two attached hydrogens (primary N) is 1. The fraction of sp³-hybridized carbons (Fsp3) is 0.625. The van der Waals surface area contributed by atoms with Crippen molar-refractivity contribution in [1.29, 1.82) is 0 Å². The highest BCUT2D eigenvalue weighted by Crippen LogP contribution is 2.30. The van der Waals surface area contributed by atoms with Gasteiger partial charge in [0.1, 0.15) is 0 Å². The standard InChI is InChI=1S/C16H27ClN2S/c1-5-12(18)10-14-15(17)8-7-9-16(14)19(3)13(6-2)11-20-4/h7-9,12-13H,5-6,10-11,18H2,1-4H3. The molecule has 0 aliphatic rings. The first-order chi connectivity index (χ1) is 9.54. The van der Waals surface area contributed by atoms with Gasteiger partial charge in [0.2, 0.25) is 0 Å². The number of rotatable bonds is 8. The molecular weight excluding hydrogens is 288 g/mol. The number of nitrogens with zero attached hydrogens (tertiary/aromatic N) is 1. The summed E-state index contributed by atoms with van der Waals surface area (Å²) in [5.74, 6) is 1.12. The van der Waals surface area contributed by atoms with E-state index in [2.05, 4.69) is 38.1 Å². The smallest absolute Gasteiger partial charge is 0.0459 e. The number of halogens is 1. The highest BCUT2D eigenvalue weighted by Gasteiger charge is 2.18. The summed E-state index contributed by atoms with van der Waals surface area (Å²) in [6.45, 7) is 4.35. The number of thioether (sulfide) groups is 1. The first-order valence-electron chi connectivity index (χ1n) is 7.29. The molecule has 114 valence electrons. The molecule has 0 aliphatic carbocycles. The number of hydrogen-bond acceptors (Lipinski definition) is 3. The van der Waals surface area contributed by atoms with Crippen molar-refractivity contribution in [3.63, 3.8) is 0 Å². The van der Waals surface area contributed by atoms with Crippen molar-refractivity contribution in [2.45, 2.75) is 45.2 Å². The topological polar surface area (TPSA) is 29.3 Å². The molecule has 1 rings (SSSR count). The molecule has 2 unspecified atom stereocenters. The molecule has 0 radical (unpaired) electrons. The Balaban J connectivity index is 3.06. The van der Waals surface area contributed by atoms with Gasteiger partial charge in [-0.15, -0.1) is 0 Å². The van der Waals surface area contributed by atoms with E-state index >= 15 is 0 Å². The fourth-order valence-corrected chi connectivity index (χ4v) is 3.47. The maximum Gasteiger partial charge on any atom is 0.0459 e. The second-order valence-electron chi connectivity index (χ2n) is 5.24. The van der Waals surface area contributed by atoms with Crippen LogP contribution in [0.3, 0.4) is 0 Å². The molecule has 0 bridgehead atoms. The average molecular weight is 315 g/mol. The molecule has 2 atom stereocenters. The zero-order valence-corrected chi connectivity index (χ0v) is 14.6. The molecule has 2 N–H and O–H groups in total. The summed E-state index contributed by atoms with van der Waals surface area (Å²) < 4.78 is 0. The summed E-state index contributed by atoms with van der Waals surface area (Å²) in [6.07, 6.45) is 5.09. The average Bonchev–Trinajstić information content (AvgIpc) is 2.45. The van der Waals surface area contributed by atoms with Crippen LogP contribution in [-0.4, -0.2) is 31.1 Å². The van der Waals surface area contributed by atoms with Gasteiger partial charge >= 0.3 is 0 Å². The molecule has 0 amide bonds. The normalized spacial score (nSPS) is 14.1. The van der Waals surface area contributed by atoms with Crippen LogP contribution in [0.15, 0.2) is 18.2 Å². The quantitative estimate of drug-likeness (QED) is 0.780. The Bertz CT molecular complexity index is 411. The number of anilines is 1. The Morgan fingerprint density at radius 2 is 2.00 bits per heavy atom. The molecule has 0 spiro atoms. The van der Waals surface area contributed by atoms with Crippen molar-refractivity contribution in [2.75, 3.05) is 24.0 Å². The first kappa shape index (κ1) is 17.7. The maximum absolute atomic E-state index is 6.41. The van der Waals surface area contributed by atoms with E-state index in [1.165, 1.54) is 11.3 Å². The molecule has 0 aliphatic heterocycles. The van der Waals surface area contributed by atoms with Crippen LogP contribution < -0.4 is 10.6 Å². The van der Waals surface area contributed by atoms with Gasteiger partial charge in [-0.25, -0.2) is 0 Å². The van der Waals surface area contributed by atoms with Gasteiger partial charge in [0, 0.05) is 35.6 Å². The maximum atomic E-state index is 6.41. The molecule has 1 aromatic carbocycles. The molecule has 0 aromatic heterocycles. The van der Waals surface area contributed by atoms with Crippen molar-refractivity contribution >= 4 is 29.1 Å². The minimum Gasteiger partial charge on any atom is -0.371 e. The third-order valence-electron chi connectivity index (χ3n) is 3.84. The van der Waals surface area contributed by atoms with Crippen molar-refractivity contribution in [3.05, 3.63) is 28.8 Å². The summed E-state index contributed by atoms with van der Waals surface area (Å²) in [6, 6.07) is 6.85. The van der Waals surface area contributed by atoms with Gasteiger partial charge in [-0.05, 0) is 43.2 Å². The molecule has 0 heterocycles. The van der Waals surface area contributed by atoms with E-state index in [1.807, 2.05) is 23.9 Å². The third kappa shape index (κ3) is 4.57. The van der Waals surface area contributed by atoms with Crippen molar-refractivity contribution in [2.24, 2.45) is 5.73 Å². The highest BCUT2D eigenvalue weighted by molar-refractivity contribution is 7.98. The minimum atomic E-state index is 0.169. The summed E-state index contributed by atoms with van der Waals surface area (Å²) >= 11 is 8.30. The zero-order valence-electron chi connectivity index (χ0n) is 13.0. The van der Waals surface area contributed by atoms with Gasteiger partial charge in [-0.1, -0.05) is 31.5 Å². The van der Waals surface area contributed by atoms with Gasteiger partial charge in [0.05, 0.1) is 0 Å². The Labute approximate surface area is 133 Å². The zero-order chi connectivity index (χ0) is 15.1. The van der Waals surface area contributed by atoms with Gasteiger partial charge in [0.15, 0.2) is 0 Å². The molecule has 1 aromatic rings.